The van der Waals surface area contributed by atoms with Gasteiger partial charge in [0.2, 0.25) is 0 Å². The molecule has 0 unspecified atom stereocenters. The lowest BCUT2D eigenvalue weighted by atomic mass is 10.1. The fourth-order valence-electron chi connectivity index (χ4n) is 2.25. The smallest absolute Gasteiger partial charge is 0.259 e. The van der Waals surface area contributed by atoms with Crippen molar-refractivity contribution in [2.24, 2.45) is 0 Å². The third-order valence-corrected chi connectivity index (χ3v) is 3.38. The van der Waals surface area contributed by atoms with Crippen molar-refractivity contribution in [3.8, 4) is 5.75 Å². The Labute approximate surface area is 135 Å². The van der Waals surface area contributed by atoms with Crippen LogP contribution in [0.1, 0.15) is 32.2 Å². The number of benzene rings is 1. The predicted octanol–water partition coefficient (Wildman–Crippen LogP) is 2.86. The lowest BCUT2D eigenvalue weighted by molar-refractivity contribution is 0.0824. The van der Waals surface area contributed by atoms with E-state index in [2.05, 4.69) is 5.32 Å². The highest BCUT2D eigenvalue weighted by atomic mass is 16.5. The summed E-state index contributed by atoms with van der Waals surface area (Å²) in [7, 11) is 4.81. The van der Waals surface area contributed by atoms with E-state index in [1.54, 1.807) is 52.2 Å². The number of methoxy groups -OCH3 is 1. The Morgan fingerprint density at radius 2 is 1.83 bits per heavy atom. The molecule has 1 heterocycles. The first-order valence-electron chi connectivity index (χ1n) is 7.11. The van der Waals surface area contributed by atoms with E-state index < -0.39 is 0 Å². The van der Waals surface area contributed by atoms with Gasteiger partial charge in [-0.05, 0) is 38.1 Å². The average Bonchev–Trinajstić information content (AvgIpc) is 2.85. The topological polar surface area (TPSA) is 71.8 Å². The van der Waals surface area contributed by atoms with Crippen molar-refractivity contribution in [1.82, 2.24) is 4.90 Å². The molecule has 0 fully saturated rings. The monoisotopic (exact) mass is 316 g/mol. The molecule has 2 amide bonds. The summed E-state index contributed by atoms with van der Waals surface area (Å²) >= 11 is 0. The van der Waals surface area contributed by atoms with Gasteiger partial charge in [0.25, 0.3) is 11.8 Å². The summed E-state index contributed by atoms with van der Waals surface area (Å²) in [5.74, 6) is 1.20. The summed E-state index contributed by atoms with van der Waals surface area (Å²) in [5, 5.41) is 2.77. The third kappa shape index (κ3) is 3.53. The molecule has 0 aliphatic carbocycles. The molecule has 0 radical (unpaired) electrons. The number of ether oxygens (including phenoxy) is 1. The van der Waals surface area contributed by atoms with Gasteiger partial charge in [0.1, 0.15) is 17.3 Å². The molecule has 1 aromatic carbocycles. The molecule has 6 nitrogen and oxygen atoms in total. The second-order valence-electron chi connectivity index (χ2n) is 5.40. The van der Waals surface area contributed by atoms with Gasteiger partial charge in [0.05, 0.1) is 18.2 Å². The lowest BCUT2D eigenvalue weighted by Crippen LogP contribution is -2.22. The highest BCUT2D eigenvalue weighted by Gasteiger charge is 2.17. The normalized spacial score (nSPS) is 10.3. The molecule has 2 rings (SSSR count). The van der Waals surface area contributed by atoms with Crippen molar-refractivity contribution < 1.29 is 18.7 Å². The first-order chi connectivity index (χ1) is 10.8. The van der Waals surface area contributed by atoms with Gasteiger partial charge in [-0.15, -0.1) is 0 Å². The van der Waals surface area contributed by atoms with Crippen molar-refractivity contribution in [3.05, 3.63) is 46.9 Å². The number of carbonyl (C=O) groups excluding carboxylic acids is 2. The van der Waals surface area contributed by atoms with E-state index in [9.17, 15) is 9.59 Å². The molecule has 0 atom stereocenters. The molecule has 1 N–H and O–H groups in total. The number of nitrogens with zero attached hydrogens (tertiary/aromatic N) is 1. The Hall–Kier alpha value is -2.76. The Morgan fingerprint density at radius 1 is 1.13 bits per heavy atom. The average molecular weight is 316 g/mol. The minimum atomic E-state index is -0.284. The molecule has 0 bridgehead atoms. The molecule has 0 aliphatic rings. The van der Waals surface area contributed by atoms with Gasteiger partial charge in [0, 0.05) is 19.8 Å². The van der Waals surface area contributed by atoms with Crippen LogP contribution in [0.25, 0.3) is 0 Å². The molecule has 0 aliphatic heterocycles. The molecule has 0 spiro atoms. The Kier molecular flexibility index (Phi) is 4.74. The minimum Gasteiger partial charge on any atom is -0.496 e. The standard InChI is InChI=1S/C17H20N2O4/c1-10-8-13(11(2)23-10)16(20)18-12-6-7-15(22-5)14(9-12)17(21)19(3)4/h6-9H,1-5H3,(H,18,20). The van der Waals surface area contributed by atoms with Crippen molar-refractivity contribution in [3.63, 3.8) is 0 Å². The number of hydrogen-bond donors (Lipinski definition) is 1. The second kappa shape index (κ2) is 6.56. The molecule has 1 aromatic heterocycles. The summed E-state index contributed by atoms with van der Waals surface area (Å²) in [6.45, 7) is 3.52. The van der Waals surface area contributed by atoms with Crippen LogP contribution in [0.4, 0.5) is 5.69 Å². The van der Waals surface area contributed by atoms with Crippen LogP contribution in [0.3, 0.4) is 0 Å². The molecule has 122 valence electrons. The number of rotatable bonds is 4. The first kappa shape index (κ1) is 16.6. The maximum Gasteiger partial charge on any atom is 0.259 e. The van der Waals surface area contributed by atoms with Gasteiger partial charge >= 0.3 is 0 Å². The van der Waals surface area contributed by atoms with E-state index in [0.717, 1.165) is 0 Å². The highest BCUT2D eigenvalue weighted by molar-refractivity contribution is 6.06. The van der Waals surface area contributed by atoms with Crippen LogP contribution in [0, 0.1) is 13.8 Å². The van der Waals surface area contributed by atoms with Gasteiger partial charge in [-0.2, -0.15) is 0 Å². The van der Waals surface area contributed by atoms with Crippen LogP contribution < -0.4 is 10.1 Å². The lowest BCUT2D eigenvalue weighted by Gasteiger charge is -2.15. The van der Waals surface area contributed by atoms with E-state index in [0.29, 0.717) is 34.1 Å². The number of anilines is 1. The summed E-state index contributed by atoms with van der Waals surface area (Å²) in [6, 6.07) is 6.62. The second-order valence-corrected chi connectivity index (χ2v) is 5.40. The molecule has 2 aromatic rings. The summed E-state index contributed by atoms with van der Waals surface area (Å²) < 4.78 is 10.6. The zero-order valence-electron chi connectivity index (χ0n) is 13.9. The van der Waals surface area contributed by atoms with Crippen molar-refractivity contribution in [2.75, 3.05) is 26.5 Å². The maximum absolute atomic E-state index is 12.3. The number of nitrogens with one attached hydrogen (secondary N) is 1. The van der Waals surface area contributed by atoms with E-state index in [4.69, 9.17) is 9.15 Å². The fourth-order valence-corrected chi connectivity index (χ4v) is 2.25. The predicted molar refractivity (Wildman–Crippen MR) is 87.1 cm³/mol. The Balaban J connectivity index is 2.30. The largest absolute Gasteiger partial charge is 0.496 e. The van der Waals surface area contributed by atoms with Crippen molar-refractivity contribution in [1.29, 1.82) is 0 Å². The van der Waals surface area contributed by atoms with Gasteiger partial charge in [0.15, 0.2) is 0 Å². The molecule has 23 heavy (non-hydrogen) atoms. The van der Waals surface area contributed by atoms with Crippen LogP contribution in [-0.4, -0.2) is 37.9 Å². The summed E-state index contributed by atoms with van der Waals surface area (Å²) in [5.41, 5.74) is 1.37. The zero-order valence-corrected chi connectivity index (χ0v) is 13.9. The van der Waals surface area contributed by atoms with Gasteiger partial charge in [-0.3, -0.25) is 9.59 Å². The number of aryl methyl sites for hydroxylation is 2. The van der Waals surface area contributed by atoms with Crippen LogP contribution in [0.5, 0.6) is 5.75 Å². The molecule has 0 saturated carbocycles. The Morgan fingerprint density at radius 3 is 2.35 bits per heavy atom. The Bertz CT molecular complexity index is 747. The van der Waals surface area contributed by atoms with Gasteiger partial charge < -0.3 is 19.4 Å². The maximum atomic E-state index is 12.3. The fraction of sp³-hybridized carbons (Fsp3) is 0.294. The van der Waals surface area contributed by atoms with Crippen molar-refractivity contribution >= 4 is 17.5 Å². The first-order valence-corrected chi connectivity index (χ1v) is 7.11. The molecule has 0 saturated heterocycles. The number of furan rings is 1. The van der Waals surface area contributed by atoms with Crippen LogP contribution in [-0.2, 0) is 0 Å². The van der Waals surface area contributed by atoms with E-state index in [1.165, 1.54) is 12.0 Å². The number of amides is 2. The third-order valence-electron chi connectivity index (χ3n) is 3.38. The zero-order chi connectivity index (χ0) is 17.1. The van der Waals surface area contributed by atoms with Gasteiger partial charge in [-0.1, -0.05) is 0 Å². The van der Waals surface area contributed by atoms with E-state index in [-0.39, 0.29) is 11.8 Å². The quantitative estimate of drug-likeness (QED) is 0.941. The van der Waals surface area contributed by atoms with Crippen molar-refractivity contribution in [2.45, 2.75) is 13.8 Å². The minimum absolute atomic E-state index is 0.201. The van der Waals surface area contributed by atoms with E-state index in [1.807, 2.05) is 0 Å². The molecular formula is C17H20N2O4. The SMILES string of the molecule is COc1ccc(NC(=O)c2cc(C)oc2C)cc1C(=O)N(C)C. The number of hydrogen-bond acceptors (Lipinski definition) is 4. The van der Waals surface area contributed by atoms with Crippen LogP contribution in [0.2, 0.25) is 0 Å². The van der Waals surface area contributed by atoms with Crippen LogP contribution >= 0.6 is 0 Å². The van der Waals surface area contributed by atoms with E-state index >= 15 is 0 Å². The summed E-state index contributed by atoms with van der Waals surface area (Å²) in [6.07, 6.45) is 0. The molecular weight excluding hydrogens is 296 g/mol. The van der Waals surface area contributed by atoms with Gasteiger partial charge in [-0.25, -0.2) is 0 Å². The number of carbonyl (C=O) groups is 2. The molecule has 6 heteroatoms. The highest BCUT2D eigenvalue weighted by Crippen LogP contribution is 2.24. The summed E-state index contributed by atoms with van der Waals surface area (Å²) in [4.78, 5) is 26.0. The van der Waals surface area contributed by atoms with Crippen LogP contribution in [0.15, 0.2) is 28.7 Å².